The number of primary amides is 1. The molecular weight excluding hydrogens is 452 g/mol. The smallest absolute Gasteiger partial charge is 0.404 e. The molecule has 1 amide bonds. The summed E-state index contributed by atoms with van der Waals surface area (Å²) >= 11 is 1.77. The molecule has 1 atom stereocenters. The maximum absolute atomic E-state index is 10.7. The third kappa shape index (κ3) is 5.61. The maximum atomic E-state index is 10.7. The van der Waals surface area contributed by atoms with Gasteiger partial charge in [0.25, 0.3) is 0 Å². The van der Waals surface area contributed by atoms with E-state index in [-0.39, 0.29) is 6.61 Å². The summed E-state index contributed by atoms with van der Waals surface area (Å²) in [6, 6.07) is 2.52. The van der Waals surface area contributed by atoms with E-state index >= 15 is 0 Å². The van der Waals surface area contributed by atoms with E-state index < -0.39 is 6.09 Å². The molecule has 1 aliphatic rings. The molecule has 34 heavy (non-hydrogen) atoms. The van der Waals surface area contributed by atoms with Crippen LogP contribution in [0.4, 0.5) is 10.6 Å². The number of piperidine rings is 1. The zero-order chi connectivity index (χ0) is 24.1. The number of hydrogen-bond donors (Lipinski definition) is 2. The Bertz CT molecular complexity index is 1130. The predicted molar refractivity (Wildman–Crippen MR) is 136 cm³/mol. The number of carbonyl (C=O) groups excluding carboxylic acids is 1. The van der Waals surface area contributed by atoms with Crippen molar-refractivity contribution in [3.8, 4) is 0 Å². The lowest BCUT2D eigenvalue weighted by Gasteiger charge is -2.36. The highest BCUT2D eigenvalue weighted by atomic mass is 32.1. The van der Waals surface area contributed by atoms with Crippen LogP contribution in [0.3, 0.4) is 0 Å². The molecule has 3 aromatic heterocycles. The Morgan fingerprint density at radius 2 is 2.12 bits per heavy atom. The van der Waals surface area contributed by atoms with Crippen LogP contribution in [0.2, 0.25) is 0 Å². The summed E-state index contributed by atoms with van der Waals surface area (Å²) in [7, 11) is 0. The number of pyridine rings is 1. The number of imidazole rings is 1. The van der Waals surface area contributed by atoms with Gasteiger partial charge in [0.05, 0.1) is 28.9 Å². The molecule has 0 bridgehead atoms. The predicted octanol–water partition coefficient (Wildman–Crippen LogP) is 3.85. The SMILES string of the molecule is CCCCc1nc2c(N)nc3cc(C)sc3c2n1CC1CCCCN1CCOCCOC(N)=O. The number of nitrogen functional groups attached to an aromatic ring is 1. The Morgan fingerprint density at radius 1 is 1.26 bits per heavy atom. The molecule has 0 radical (unpaired) electrons. The van der Waals surface area contributed by atoms with Gasteiger partial charge in [-0.15, -0.1) is 11.3 Å². The van der Waals surface area contributed by atoms with Gasteiger partial charge in [0.15, 0.2) is 5.82 Å². The molecule has 186 valence electrons. The molecule has 4 heterocycles. The van der Waals surface area contributed by atoms with Crippen molar-refractivity contribution >= 4 is 44.5 Å². The number of amides is 1. The van der Waals surface area contributed by atoms with Gasteiger partial charge in [-0.2, -0.15) is 0 Å². The highest BCUT2D eigenvalue weighted by molar-refractivity contribution is 7.19. The van der Waals surface area contributed by atoms with Crippen molar-refractivity contribution in [2.75, 3.05) is 38.6 Å². The second-order valence-corrected chi connectivity index (χ2v) is 10.2. The Kier molecular flexibility index (Phi) is 8.23. The summed E-state index contributed by atoms with van der Waals surface area (Å²) < 4.78 is 14.0. The second-order valence-electron chi connectivity index (χ2n) is 8.97. The first-order valence-corrected chi connectivity index (χ1v) is 13.1. The lowest BCUT2D eigenvalue weighted by atomic mass is 10.0. The quantitative estimate of drug-likeness (QED) is 0.393. The fourth-order valence-corrected chi connectivity index (χ4v) is 5.83. The van der Waals surface area contributed by atoms with Gasteiger partial charge in [0.1, 0.15) is 17.9 Å². The van der Waals surface area contributed by atoms with Crippen molar-refractivity contribution in [1.29, 1.82) is 0 Å². The number of carbonyl (C=O) groups is 1. The highest BCUT2D eigenvalue weighted by Crippen LogP contribution is 2.35. The van der Waals surface area contributed by atoms with E-state index in [4.69, 9.17) is 25.9 Å². The van der Waals surface area contributed by atoms with Crippen LogP contribution in [0.15, 0.2) is 6.07 Å². The Hall–Kier alpha value is -2.43. The molecule has 0 saturated carbocycles. The van der Waals surface area contributed by atoms with E-state index in [9.17, 15) is 4.79 Å². The van der Waals surface area contributed by atoms with Crippen LogP contribution in [0.5, 0.6) is 0 Å². The monoisotopic (exact) mass is 488 g/mol. The minimum Gasteiger partial charge on any atom is -0.447 e. The Balaban J connectivity index is 1.56. The summed E-state index contributed by atoms with van der Waals surface area (Å²) in [6.45, 7) is 8.25. The summed E-state index contributed by atoms with van der Waals surface area (Å²) in [5.41, 5.74) is 14.3. The fraction of sp³-hybridized carbons (Fsp3) is 0.625. The van der Waals surface area contributed by atoms with Crippen molar-refractivity contribution in [3.63, 3.8) is 0 Å². The van der Waals surface area contributed by atoms with Crippen molar-refractivity contribution in [1.82, 2.24) is 19.4 Å². The molecule has 0 aromatic carbocycles. The molecule has 10 heteroatoms. The van der Waals surface area contributed by atoms with Gasteiger partial charge in [-0.05, 0) is 38.8 Å². The first-order valence-electron chi connectivity index (χ1n) is 12.3. The number of hydrogen-bond acceptors (Lipinski definition) is 8. The normalized spacial score (nSPS) is 17.1. The van der Waals surface area contributed by atoms with Gasteiger partial charge in [-0.3, -0.25) is 4.90 Å². The molecule has 1 aliphatic heterocycles. The number of nitrogens with two attached hydrogens (primary N) is 2. The van der Waals surface area contributed by atoms with Gasteiger partial charge in [0, 0.05) is 30.4 Å². The number of rotatable bonds is 11. The van der Waals surface area contributed by atoms with E-state index in [0.29, 0.717) is 25.1 Å². The number of anilines is 1. The van der Waals surface area contributed by atoms with Crippen LogP contribution >= 0.6 is 11.3 Å². The van der Waals surface area contributed by atoms with Crippen LogP contribution < -0.4 is 11.5 Å². The number of unbranched alkanes of at least 4 members (excludes halogenated alkanes) is 1. The number of fused-ring (bicyclic) bond motifs is 3. The number of ether oxygens (including phenoxy) is 2. The van der Waals surface area contributed by atoms with E-state index in [1.165, 1.54) is 22.4 Å². The molecule has 1 unspecified atom stereocenters. The second kappa shape index (κ2) is 11.3. The molecule has 4 N–H and O–H groups in total. The zero-order valence-corrected chi connectivity index (χ0v) is 21.0. The van der Waals surface area contributed by atoms with Crippen LogP contribution in [-0.2, 0) is 22.4 Å². The van der Waals surface area contributed by atoms with E-state index in [2.05, 4.69) is 34.4 Å². The topological polar surface area (TPSA) is 122 Å². The minimum absolute atomic E-state index is 0.187. The molecule has 1 fully saturated rings. The lowest BCUT2D eigenvalue weighted by Crippen LogP contribution is -2.44. The van der Waals surface area contributed by atoms with Crippen molar-refractivity contribution < 1.29 is 14.3 Å². The van der Waals surface area contributed by atoms with Gasteiger partial charge in [0.2, 0.25) is 0 Å². The Labute approximate surface area is 204 Å². The summed E-state index contributed by atoms with van der Waals surface area (Å²) in [5, 5.41) is 0. The van der Waals surface area contributed by atoms with Gasteiger partial charge in [-0.25, -0.2) is 14.8 Å². The van der Waals surface area contributed by atoms with Crippen molar-refractivity contribution in [3.05, 3.63) is 16.8 Å². The third-order valence-electron chi connectivity index (χ3n) is 6.47. The number of aromatic nitrogens is 3. The zero-order valence-electron chi connectivity index (χ0n) is 20.2. The van der Waals surface area contributed by atoms with Crippen molar-refractivity contribution in [2.24, 2.45) is 5.73 Å². The van der Waals surface area contributed by atoms with E-state index in [1.54, 1.807) is 11.3 Å². The van der Waals surface area contributed by atoms with Gasteiger partial charge >= 0.3 is 6.09 Å². The molecule has 9 nitrogen and oxygen atoms in total. The molecule has 4 rings (SSSR count). The number of nitrogens with zero attached hydrogens (tertiary/aromatic N) is 4. The first-order chi connectivity index (χ1) is 16.5. The first kappa shape index (κ1) is 24.7. The number of likely N-dealkylation sites (tertiary alicyclic amines) is 1. The van der Waals surface area contributed by atoms with Gasteiger partial charge < -0.3 is 25.5 Å². The van der Waals surface area contributed by atoms with Crippen LogP contribution in [0.25, 0.3) is 21.3 Å². The largest absolute Gasteiger partial charge is 0.447 e. The minimum atomic E-state index is -0.767. The molecular formula is C24H36N6O3S. The maximum Gasteiger partial charge on any atom is 0.404 e. The van der Waals surface area contributed by atoms with Crippen molar-refractivity contribution in [2.45, 2.75) is 65.0 Å². The van der Waals surface area contributed by atoms with E-state index in [0.717, 1.165) is 67.7 Å². The molecule has 0 spiro atoms. The average Bonchev–Trinajstić information content (AvgIpc) is 3.35. The molecule has 3 aromatic rings. The summed E-state index contributed by atoms with van der Waals surface area (Å²) in [6.07, 6.45) is 5.95. The molecule has 0 aliphatic carbocycles. The number of thiophene rings is 1. The van der Waals surface area contributed by atoms with Gasteiger partial charge in [-0.1, -0.05) is 19.8 Å². The lowest BCUT2D eigenvalue weighted by molar-refractivity contribution is 0.0445. The summed E-state index contributed by atoms with van der Waals surface area (Å²) in [5.74, 6) is 1.62. The van der Waals surface area contributed by atoms with Crippen LogP contribution in [0.1, 0.15) is 49.7 Å². The third-order valence-corrected chi connectivity index (χ3v) is 7.52. The van der Waals surface area contributed by atoms with Crippen LogP contribution in [-0.4, -0.2) is 64.5 Å². The molecule has 1 saturated heterocycles. The summed E-state index contributed by atoms with van der Waals surface area (Å²) in [4.78, 5) is 24.1. The fourth-order valence-electron chi connectivity index (χ4n) is 4.82. The van der Waals surface area contributed by atoms with E-state index in [1.807, 2.05) is 0 Å². The Morgan fingerprint density at radius 3 is 2.91 bits per heavy atom. The van der Waals surface area contributed by atoms with Crippen LogP contribution in [0, 0.1) is 6.92 Å². The standard InChI is InChI=1S/C24H36N6O3S/c1-3-4-8-19-28-20-21(22-18(27-23(20)25)14-16(2)34-22)30(19)15-17-7-5-6-9-29(17)10-11-32-12-13-33-24(26)31/h14,17H,3-13,15H2,1-2H3,(H2,25,27)(H2,26,31). The highest BCUT2D eigenvalue weighted by Gasteiger charge is 2.26. The number of aryl methyl sites for hydroxylation is 2. The average molecular weight is 489 g/mol.